The monoisotopic (exact) mass is 504 g/mol. The average Bonchev–Trinajstić information content (AvgIpc) is 2.79. The van der Waals surface area contributed by atoms with Crippen molar-refractivity contribution in [3.05, 3.63) is 52.7 Å². The van der Waals surface area contributed by atoms with Gasteiger partial charge in [-0.15, -0.1) is 0 Å². The number of aromatic nitrogens is 1. The van der Waals surface area contributed by atoms with E-state index in [0.29, 0.717) is 24.7 Å². The Bertz CT molecular complexity index is 1090. The van der Waals surface area contributed by atoms with Crippen LogP contribution in [0.2, 0.25) is 0 Å². The molecule has 196 valence electrons. The predicted octanol–water partition coefficient (Wildman–Crippen LogP) is 4.98. The van der Waals surface area contributed by atoms with E-state index in [4.69, 9.17) is 0 Å². The number of aliphatic carboxylic acids is 1. The number of fused-ring (bicyclic) bond motifs is 1. The Balaban J connectivity index is 1.51. The third-order valence-electron chi connectivity index (χ3n) is 7.40. The fourth-order valence-electron chi connectivity index (χ4n) is 5.63. The van der Waals surface area contributed by atoms with Crippen molar-refractivity contribution in [2.75, 3.05) is 36.5 Å². The number of hydrogen-bond donors (Lipinski definition) is 1. The zero-order valence-corrected chi connectivity index (χ0v) is 21.3. The maximum atomic E-state index is 13.0. The van der Waals surface area contributed by atoms with Crippen LogP contribution in [0.4, 0.5) is 24.7 Å². The summed E-state index contributed by atoms with van der Waals surface area (Å²) in [6, 6.07) is 6.54. The summed E-state index contributed by atoms with van der Waals surface area (Å²) in [6.45, 7) is 9.36. The van der Waals surface area contributed by atoms with Gasteiger partial charge in [0.05, 0.1) is 5.56 Å². The van der Waals surface area contributed by atoms with Gasteiger partial charge in [-0.25, -0.2) is 9.78 Å². The van der Waals surface area contributed by atoms with E-state index >= 15 is 0 Å². The number of carboxylic acid groups (broad SMARTS) is 1. The lowest BCUT2D eigenvalue weighted by atomic mass is 9.91. The molecule has 2 aliphatic heterocycles. The summed E-state index contributed by atoms with van der Waals surface area (Å²) in [7, 11) is 1.86. The minimum absolute atomic E-state index is 0.140. The topological polar surface area (TPSA) is 59.9 Å². The Morgan fingerprint density at radius 1 is 1.22 bits per heavy atom. The van der Waals surface area contributed by atoms with Gasteiger partial charge in [-0.05, 0) is 67.0 Å². The van der Waals surface area contributed by atoms with Gasteiger partial charge in [0.15, 0.2) is 0 Å². The molecule has 0 amide bonds. The maximum Gasteiger partial charge on any atom is 0.417 e. The van der Waals surface area contributed by atoms with E-state index in [2.05, 4.69) is 47.7 Å². The molecule has 1 aromatic heterocycles. The lowest BCUT2D eigenvalue weighted by Crippen LogP contribution is -2.53. The molecule has 1 aromatic carbocycles. The molecule has 0 aliphatic carbocycles. The van der Waals surface area contributed by atoms with E-state index in [1.165, 1.54) is 17.2 Å². The Morgan fingerprint density at radius 3 is 2.58 bits per heavy atom. The number of carboxylic acids is 1. The second-order valence-corrected chi connectivity index (χ2v) is 10.5. The second kappa shape index (κ2) is 10.3. The molecule has 0 bridgehead atoms. The van der Waals surface area contributed by atoms with Gasteiger partial charge >= 0.3 is 12.1 Å². The van der Waals surface area contributed by atoms with Crippen LogP contribution in [0.15, 0.2) is 30.5 Å². The van der Waals surface area contributed by atoms with Gasteiger partial charge in [0, 0.05) is 51.2 Å². The predicted molar refractivity (Wildman–Crippen MR) is 134 cm³/mol. The number of aryl methyl sites for hydroxylation is 1. The number of carbonyl (C=O) groups is 1. The molecule has 0 radical (unpaired) electrons. The maximum absolute atomic E-state index is 13.0. The van der Waals surface area contributed by atoms with Crippen LogP contribution in [-0.4, -0.2) is 59.7 Å². The molecule has 9 heteroatoms. The number of alkyl halides is 3. The van der Waals surface area contributed by atoms with Crippen LogP contribution in [0, 0.1) is 12.8 Å². The van der Waals surface area contributed by atoms with Crippen LogP contribution in [-0.2, 0) is 23.9 Å². The highest BCUT2D eigenvalue weighted by Crippen LogP contribution is 2.34. The number of hydrogen-bond acceptors (Lipinski definition) is 5. The van der Waals surface area contributed by atoms with E-state index in [0.717, 1.165) is 56.0 Å². The van der Waals surface area contributed by atoms with Crippen LogP contribution in [0.1, 0.15) is 48.9 Å². The van der Waals surface area contributed by atoms with Crippen molar-refractivity contribution in [2.24, 2.45) is 5.92 Å². The molecule has 2 atom stereocenters. The van der Waals surface area contributed by atoms with Crippen LogP contribution < -0.4 is 9.80 Å². The highest BCUT2D eigenvalue weighted by Gasteiger charge is 2.33. The van der Waals surface area contributed by atoms with Crippen molar-refractivity contribution in [3.8, 4) is 0 Å². The standard InChI is InChI=1S/C27H35F3N4O2/c1-17(2)11-21-16-33(9-10-34(21)25-8-5-20(14-31-25)27(28,29)30)15-19-12-18(3)22-6-7-23(26(35)36)32(4)24(22)13-19/h5,8,12-14,17,21,23H,6-7,9-11,15-16H2,1-4H3,(H,35,36)/t21-,23?/m1/s1. The smallest absolute Gasteiger partial charge is 0.417 e. The summed E-state index contributed by atoms with van der Waals surface area (Å²) in [4.78, 5) is 22.2. The number of anilines is 2. The molecule has 2 aromatic rings. The zero-order valence-electron chi connectivity index (χ0n) is 21.3. The Kier molecular flexibility index (Phi) is 7.50. The van der Waals surface area contributed by atoms with Crippen LogP contribution in [0.25, 0.3) is 0 Å². The molecule has 1 unspecified atom stereocenters. The van der Waals surface area contributed by atoms with E-state index < -0.39 is 23.8 Å². The average molecular weight is 505 g/mol. The molecular weight excluding hydrogens is 469 g/mol. The van der Waals surface area contributed by atoms with E-state index in [-0.39, 0.29) is 6.04 Å². The van der Waals surface area contributed by atoms with Gasteiger partial charge in [-0.1, -0.05) is 19.9 Å². The molecule has 3 heterocycles. The number of piperazine rings is 1. The summed E-state index contributed by atoms with van der Waals surface area (Å²) in [6.07, 6.45) is -1.20. The van der Waals surface area contributed by atoms with Gasteiger partial charge in [0.25, 0.3) is 0 Å². The Labute approximate surface area is 210 Å². The third-order valence-corrected chi connectivity index (χ3v) is 7.40. The molecule has 6 nitrogen and oxygen atoms in total. The minimum atomic E-state index is -4.40. The van der Waals surface area contributed by atoms with Crippen molar-refractivity contribution in [1.82, 2.24) is 9.88 Å². The van der Waals surface area contributed by atoms with Gasteiger partial charge in [0.2, 0.25) is 0 Å². The van der Waals surface area contributed by atoms with Crippen molar-refractivity contribution in [2.45, 2.75) is 64.8 Å². The van der Waals surface area contributed by atoms with Gasteiger partial charge in [-0.2, -0.15) is 13.2 Å². The van der Waals surface area contributed by atoms with Crippen molar-refractivity contribution in [1.29, 1.82) is 0 Å². The summed E-state index contributed by atoms with van der Waals surface area (Å²) in [5, 5.41) is 9.59. The molecule has 36 heavy (non-hydrogen) atoms. The molecule has 2 aliphatic rings. The highest BCUT2D eigenvalue weighted by atomic mass is 19.4. The van der Waals surface area contributed by atoms with E-state index in [9.17, 15) is 23.1 Å². The lowest BCUT2D eigenvalue weighted by molar-refractivity contribution is -0.139. The fraction of sp³-hybridized carbons (Fsp3) is 0.556. The van der Waals surface area contributed by atoms with Crippen LogP contribution >= 0.6 is 0 Å². The lowest BCUT2D eigenvalue weighted by Gasteiger charge is -2.43. The first-order valence-electron chi connectivity index (χ1n) is 12.5. The first kappa shape index (κ1) is 26.3. The number of rotatable bonds is 6. The number of likely N-dealkylation sites (N-methyl/N-ethyl adjacent to an activating group) is 1. The van der Waals surface area contributed by atoms with Crippen molar-refractivity contribution in [3.63, 3.8) is 0 Å². The quantitative estimate of drug-likeness (QED) is 0.599. The largest absolute Gasteiger partial charge is 0.480 e. The van der Waals surface area contributed by atoms with Crippen molar-refractivity contribution >= 4 is 17.5 Å². The minimum Gasteiger partial charge on any atom is -0.480 e. The SMILES string of the molecule is Cc1cc(CN2CCN(c3ccc(C(F)(F)F)cn3)[C@H](CC(C)C)C2)cc2c1CCC(C(=O)O)N2C. The number of nitrogens with zero attached hydrogens (tertiary/aromatic N) is 4. The Morgan fingerprint density at radius 2 is 1.97 bits per heavy atom. The molecule has 0 spiro atoms. The number of benzene rings is 1. The number of pyridine rings is 1. The summed E-state index contributed by atoms with van der Waals surface area (Å²) in [5.74, 6) is 0.217. The second-order valence-electron chi connectivity index (χ2n) is 10.5. The first-order valence-corrected chi connectivity index (χ1v) is 12.5. The van der Waals surface area contributed by atoms with Crippen LogP contribution in [0.3, 0.4) is 0 Å². The van der Waals surface area contributed by atoms with Crippen molar-refractivity contribution < 1.29 is 23.1 Å². The normalized spacial score (nSPS) is 21.1. The first-order chi connectivity index (χ1) is 16.9. The fourth-order valence-corrected chi connectivity index (χ4v) is 5.63. The third kappa shape index (κ3) is 5.61. The van der Waals surface area contributed by atoms with Crippen LogP contribution in [0.5, 0.6) is 0 Å². The summed E-state index contributed by atoms with van der Waals surface area (Å²) >= 11 is 0. The molecule has 1 fully saturated rings. The molecular formula is C27H35F3N4O2. The summed E-state index contributed by atoms with van der Waals surface area (Å²) in [5.41, 5.74) is 3.81. The molecule has 0 saturated carbocycles. The summed E-state index contributed by atoms with van der Waals surface area (Å²) < 4.78 is 39.0. The number of halogens is 3. The molecule has 1 saturated heterocycles. The van der Waals surface area contributed by atoms with Gasteiger partial charge in [-0.3, -0.25) is 4.90 Å². The van der Waals surface area contributed by atoms with E-state index in [1.807, 2.05) is 11.9 Å². The Hall–Kier alpha value is -2.81. The zero-order chi connectivity index (χ0) is 26.2. The molecule has 4 rings (SSSR count). The molecule has 1 N–H and O–H groups in total. The highest BCUT2D eigenvalue weighted by molar-refractivity contribution is 5.80. The van der Waals surface area contributed by atoms with E-state index in [1.54, 1.807) is 0 Å². The van der Waals surface area contributed by atoms with Gasteiger partial charge in [0.1, 0.15) is 11.9 Å². The van der Waals surface area contributed by atoms with Gasteiger partial charge < -0.3 is 14.9 Å².